The minimum absolute atomic E-state index is 0.647. The predicted octanol–water partition coefficient (Wildman–Crippen LogP) is 4.53. The van der Waals surface area contributed by atoms with Gasteiger partial charge in [0.1, 0.15) is 0 Å². The van der Waals surface area contributed by atoms with Gasteiger partial charge in [-0.25, -0.2) is 5.43 Å². The first-order valence-corrected chi connectivity index (χ1v) is 9.73. The molecule has 3 aromatic rings. The normalized spacial score (nSPS) is 11.8. The molecule has 0 fully saturated rings. The van der Waals surface area contributed by atoms with Gasteiger partial charge in [-0.3, -0.25) is 9.22 Å². The number of benzene rings is 3. The molecule has 3 aromatic carbocycles. The summed E-state index contributed by atoms with van der Waals surface area (Å²) in [5, 5.41) is 2.07. The van der Waals surface area contributed by atoms with Crippen molar-refractivity contribution in [3.05, 3.63) is 91.0 Å². The van der Waals surface area contributed by atoms with E-state index in [1.165, 1.54) is 0 Å². The number of hydrogen-bond donors (Lipinski definition) is 1. The van der Waals surface area contributed by atoms with E-state index in [0.717, 1.165) is 29.2 Å². The molecule has 0 amide bonds. The molecule has 0 saturated carbocycles. The average Bonchev–Trinajstić information content (AvgIpc) is 2.70. The van der Waals surface area contributed by atoms with Crippen LogP contribution in [0.3, 0.4) is 0 Å². The number of hydrogen-bond acceptors (Lipinski definition) is 3. The lowest BCUT2D eigenvalue weighted by atomic mass is 10.2. The molecule has 0 radical (unpaired) electrons. The van der Waals surface area contributed by atoms with E-state index in [2.05, 4.69) is 34.7 Å². The maximum absolute atomic E-state index is 12.3. The number of para-hydroxylation sites is 2. The molecular formula is C21H22N2OS. The van der Waals surface area contributed by atoms with Gasteiger partial charge in [0.2, 0.25) is 0 Å². The van der Waals surface area contributed by atoms with Gasteiger partial charge < -0.3 is 0 Å². The van der Waals surface area contributed by atoms with Gasteiger partial charge in [0.15, 0.2) is 0 Å². The van der Waals surface area contributed by atoms with E-state index in [1.54, 1.807) is 0 Å². The molecule has 0 spiro atoms. The SMILES string of the molecule is O=S(CCCNN(c1ccccc1)c1ccccc1)c1ccccc1. The third-order valence-corrected chi connectivity index (χ3v) is 5.27. The van der Waals surface area contributed by atoms with Crippen molar-refractivity contribution >= 4 is 22.2 Å². The number of anilines is 2. The zero-order valence-electron chi connectivity index (χ0n) is 14.0. The molecule has 25 heavy (non-hydrogen) atoms. The Morgan fingerprint density at radius 2 is 1.20 bits per heavy atom. The molecule has 3 rings (SSSR count). The summed E-state index contributed by atoms with van der Waals surface area (Å²) >= 11 is 0. The van der Waals surface area contributed by atoms with E-state index in [9.17, 15) is 4.21 Å². The Morgan fingerprint density at radius 1 is 0.720 bits per heavy atom. The maximum atomic E-state index is 12.3. The second-order valence-corrected chi connectivity index (χ2v) is 7.20. The molecule has 0 heterocycles. The van der Waals surface area contributed by atoms with Crippen LogP contribution in [-0.4, -0.2) is 16.5 Å². The lowest BCUT2D eigenvalue weighted by molar-refractivity contribution is 0.665. The van der Waals surface area contributed by atoms with Crippen molar-refractivity contribution in [1.82, 2.24) is 5.43 Å². The number of nitrogens with one attached hydrogen (secondary N) is 1. The van der Waals surface area contributed by atoms with Crippen LogP contribution in [0.1, 0.15) is 6.42 Å². The fraction of sp³-hybridized carbons (Fsp3) is 0.143. The highest BCUT2D eigenvalue weighted by Gasteiger charge is 2.08. The lowest BCUT2D eigenvalue weighted by Gasteiger charge is -2.25. The van der Waals surface area contributed by atoms with Crippen LogP contribution in [0.2, 0.25) is 0 Å². The van der Waals surface area contributed by atoms with Gasteiger partial charge in [-0.05, 0) is 42.8 Å². The smallest absolute Gasteiger partial charge is 0.0577 e. The third-order valence-electron chi connectivity index (χ3n) is 3.81. The quantitative estimate of drug-likeness (QED) is 0.479. The van der Waals surface area contributed by atoms with Crippen molar-refractivity contribution in [3.8, 4) is 0 Å². The second kappa shape index (κ2) is 9.16. The third kappa shape index (κ3) is 5.02. The molecule has 0 bridgehead atoms. The average molecular weight is 350 g/mol. The van der Waals surface area contributed by atoms with Crippen molar-refractivity contribution in [2.24, 2.45) is 0 Å². The zero-order chi connectivity index (χ0) is 17.3. The van der Waals surface area contributed by atoms with E-state index in [4.69, 9.17) is 0 Å². The Labute approximate surface area is 151 Å². The largest absolute Gasteiger partial charge is 0.277 e. The van der Waals surface area contributed by atoms with Crippen LogP contribution in [0, 0.1) is 0 Å². The van der Waals surface area contributed by atoms with Crippen molar-refractivity contribution in [2.45, 2.75) is 11.3 Å². The lowest BCUT2D eigenvalue weighted by Crippen LogP contribution is -2.35. The molecule has 1 unspecified atom stereocenters. The number of hydrazine groups is 1. The Bertz CT molecular complexity index is 739. The van der Waals surface area contributed by atoms with E-state index in [-0.39, 0.29) is 0 Å². The van der Waals surface area contributed by atoms with Gasteiger partial charge in [0.25, 0.3) is 0 Å². The van der Waals surface area contributed by atoms with Gasteiger partial charge in [0.05, 0.1) is 22.2 Å². The van der Waals surface area contributed by atoms with Crippen molar-refractivity contribution in [2.75, 3.05) is 17.3 Å². The molecule has 3 nitrogen and oxygen atoms in total. The summed E-state index contributed by atoms with van der Waals surface area (Å²) in [6.07, 6.45) is 0.831. The van der Waals surface area contributed by atoms with Gasteiger partial charge in [-0.15, -0.1) is 0 Å². The summed E-state index contributed by atoms with van der Waals surface area (Å²) < 4.78 is 12.3. The first kappa shape index (κ1) is 17.4. The van der Waals surface area contributed by atoms with E-state index < -0.39 is 10.8 Å². The van der Waals surface area contributed by atoms with Crippen LogP contribution in [0.4, 0.5) is 11.4 Å². The second-order valence-electron chi connectivity index (χ2n) is 5.63. The fourth-order valence-corrected chi connectivity index (χ4v) is 3.67. The van der Waals surface area contributed by atoms with Crippen molar-refractivity contribution in [1.29, 1.82) is 0 Å². The maximum Gasteiger partial charge on any atom is 0.0577 e. The monoisotopic (exact) mass is 350 g/mol. The highest BCUT2D eigenvalue weighted by molar-refractivity contribution is 7.85. The van der Waals surface area contributed by atoms with Gasteiger partial charge in [-0.1, -0.05) is 54.6 Å². The number of nitrogens with zero attached hydrogens (tertiary/aromatic N) is 1. The van der Waals surface area contributed by atoms with Crippen LogP contribution in [-0.2, 0) is 10.8 Å². The molecule has 0 aromatic heterocycles. The molecule has 0 aliphatic rings. The van der Waals surface area contributed by atoms with Crippen molar-refractivity contribution in [3.63, 3.8) is 0 Å². The van der Waals surface area contributed by atoms with Crippen LogP contribution in [0.15, 0.2) is 95.9 Å². The highest BCUT2D eigenvalue weighted by Crippen LogP contribution is 2.22. The van der Waals surface area contributed by atoms with Gasteiger partial charge in [0, 0.05) is 17.2 Å². The summed E-state index contributed by atoms with van der Waals surface area (Å²) in [5.41, 5.74) is 5.62. The minimum Gasteiger partial charge on any atom is -0.277 e. The van der Waals surface area contributed by atoms with Crippen LogP contribution >= 0.6 is 0 Å². The first-order chi connectivity index (χ1) is 12.3. The van der Waals surface area contributed by atoms with Gasteiger partial charge >= 0.3 is 0 Å². The summed E-state index contributed by atoms with van der Waals surface area (Å²) in [6, 6.07) is 30.0. The fourth-order valence-electron chi connectivity index (χ4n) is 2.57. The summed E-state index contributed by atoms with van der Waals surface area (Å²) in [7, 11) is -0.946. The Balaban J connectivity index is 1.59. The molecule has 128 valence electrons. The Kier molecular flexibility index (Phi) is 6.37. The molecule has 0 aliphatic heterocycles. The van der Waals surface area contributed by atoms with Crippen LogP contribution in [0.5, 0.6) is 0 Å². The molecule has 4 heteroatoms. The minimum atomic E-state index is -0.946. The first-order valence-electron chi connectivity index (χ1n) is 8.42. The standard InChI is InChI=1S/C21H22N2OS/c24-25(21-15-8-3-9-16-21)18-10-17-22-23(19-11-4-1-5-12-19)20-13-6-2-7-14-20/h1-9,11-16,22H,10,17-18H2. The van der Waals surface area contributed by atoms with E-state index in [1.807, 2.05) is 66.7 Å². The van der Waals surface area contributed by atoms with E-state index >= 15 is 0 Å². The molecular weight excluding hydrogens is 328 g/mol. The van der Waals surface area contributed by atoms with Crippen LogP contribution in [0.25, 0.3) is 0 Å². The van der Waals surface area contributed by atoms with Gasteiger partial charge in [-0.2, -0.15) is 0 Å². The predicted molar refractivity (Wildman–Crippen MR) is 105 cm³/mol. The highest BCUT2D eigenvalue weighted by atomic mass is 32.2. The topological polar surface area (TPSA) is 32.3 Å². The zero-order valence-corrected chi connectivity index (χ0v) is 14.9. The van der Waals surface area contributed by atoms with Crippen molar-refractivity contribution < 1.29 is 4.21 Å². The summed E-state index contributed by atoms with van der Waals surface area (Å²) in [6.45, 7) is 0.752. The summed E-state index contributed by atoms with van der Waals surface area (Å²) in [4.78, 5) is 0.894. The molecule has 1 N–H and O–H groups in total. The van der Waals surface area contributed by atoms with E-state index in [0.29, 0.717) is 5.75 Å². The molecule has 0 saturated heterocycles. The molecule has 1 atom stereocenters. The summed E-state index contributed by atoms with van der Waals surface area (Å²) in [5.74, 6) is 0.647. The molecule has 0 aliphatic carbocycles. The Hall–Kier alpha value is -2.43. The Morgan fingerprint density at radius 3 is 1.72 bits per heavy atom. The van der Waals surface area contributed by atoms with Crippen LogP contribution < -0.4 is 10.4 Å². The number of rotatable bonds is 8.